The Hall–Kier alpha value is -2.86. The number of aryl methyl sites for hydroxylation is 1. The van der Waals surface area contributed by atoms with Crippen molar-refractivity contribution >= 4 is 11.7 Å². The van der Waals surface area contributed by atoms with E-state index in [1.54, 1.807) is 22.9 Å². The molecule has 3 aromatic heterocycles. The Morgan fingerprint density at radius 1 is 1.43 bits per heavy atom. The monoisotopic (exact) mass is 310 g/mol. The van der Waals surface area contributed by atoms with E-state index < -0.39 is 0 Å². The van der Waals surface area contributed by atoms with Crippen LogP contribution in [0.4, 0.5) is 0 Å². The molecule has 0 saturated carbocycles. The van der Waals surface area contributed by atoms with Gasteiger partial charge in [0.15, 0.2) is 11.4 Å². The third-order valence-corrected chi connectivity index (χ3v) is 3.33. The molecular formula is C17H18N4O2. The summed E-state index contributed by atoms with van der Waals surface area (Å²) in [6.07, 6.45) is 7.27. The van der Waals surface area contributed by atoms with Crippen LogP contribution < -0.4 is 10.5 Å². The van der Waals surface area contributed by atoms with Crippen LogP contribution in [0.2, 0.25) is 0 Å². The van der Waals surface area contributed by atoms with E-state index in [0.717, 1.165) is 22.7 Å². The molecule has 6 heteroatoms. The van der Waals surface area contributed by atoms with Gasteiger partial charge < -0.3 is 14.9 Å². The Morgan fingerprint density at radius 3 is 3.09 bits per heavy atom. The van der Waals surface area contributed by atoms with E-state index in [0.29, 0.717) is 24.8 Å². The summed E-state index contributed by atoms with van der Waals surface area (Å²) in [7, 11) is 0. The first-order valence-corrected chi connectivity index (χ1v) is 7.30. The minimum absolute atomic E-state index is 0.416. The van der Waals surface area contributed by atoms with Gasteiger partial charge in [-0.2, -0.15) is 0 Å². The summed E-state index contributed by atoms with van der Waals surface area (Å²) in [5, 5.41) is 4.43. The highest BCUT2D eigenvalue weighted by atomic mass is 16.5. The number of aromatic nitrogens is 3. The first kappa shape index (κ1) is 15.1. The fraction of sp³-hybridized carbons (Fsp3) is 0.176. The highest BCUT2D eigenvalue weighted by Gasteiger charge is 2.13. The molecule has 0 radical (unpaired) electrons. The van der Waals surface area contributed by atoms with Crippen LogP contribution in [0, 0.1) is 6.92 Å². The first-order chi connectivity index (χ1) is 11.2. The number of hydrogen-bond donors (Lipinski definition) is 1. The third-order valence-electron chi connectivity index (χ3n) is 3.33. The Labute approximate surface area is 133 Å². The zero-order chi connectivity index (χ0) is 16.2. The number of imidazole rings is 1. The molecule has 0 aliphatic rings. The molecule has 2 N–H and O–H groups in total. The van der Waals surface area contributed by atoms with Crippen LogP contribution >= 0.6 is 0 Å². The number of hydrogen-bond acceptors (Lipinski definition) is 5. The van der Waals surface area contributed by atoms with Crippen molar-refractivity contribution in [1.82, 2.24) is 14.6 Å². The molecule has 0 spiro atoms. The van der Waals surface area contributed by atoms with E-state index in [-0.39, 0.29) is 0 Å². The number of furan rings is 1. The van der Waals surface area contributed by atoms with Gasteiger partial charge in [0.2, 0.25) is 5.88 Å². The Balaban J connectivity index is 2.02. The van der Waals surface area contributed by atoms with Crippen molar-refractivity contribution in [1.29, 1.82) is 0 Å². The molecule has 0 bridgehead atoms. The number of nitrogens with two attached hydrogens (primary N) is 1. The SMILES string of the molecule is C=C/C=C\c1cc(-c2cnc3ccc(OCCN)nn23)oc1C. The lowest BCUT2D eigenvalue weighted by Crippen LogP contribution is -2.12. The van der Waals surface area contributed by atoms with E-state index in [1.165, 1.54) is 0 Å². The molecule has 0 fully saturated rings. The molecule has 0 saturated heterocycles. The normalized spacial score (nSPS) is 11.4. The average Bonchev–Trinajstić information content (AvgIpc) is 3.13. The summed E-state index contributed by atoms with van der Waals surface area (Å²) < 4.78 is 13.0. The largest absolute Gasteiger partial charge is 0.475 e. The second-order valence-corrected chi connectivity index (χ2v) is 4.94. The zero-order valence-electron chi connectivity index (χ0n) is 12.9. The molecular weight excluding hydrogens is 292 g/mol. The van der Waals surface area contributed by atoms with Crippen molar-refractivity contribution in [3.8, 4) is 17.3 Å². The molecule has 0 unspecified atom stereocenters. The van der Waals surface area contributed by atoms with Gasteiger partial charge in [-0.15, -0.1) is 5.10 Å². The highest BCUT2D eigenvalue weighted by Crippen LogP contribution is 2.27. The van der Waals surface area contributed by atoms with Crippen molar-refractivity contribution < 1.29 is 9.15 Å². The van der Waals surface area contributed by atoms with Crippen LogP contribution in [0.15, 0.2) is 47.5 Å². The predicted molar refractivity (Wildman–Crippen MR) is 89.2 cm³/mol. The minimum atomic E-state index is 0.416. The lowest BCUT2D eigenvalue weighted by molar-refractivity contribution is 0.310. The van der Waals surface area contributed by atoms with Crippen LogP contribution in [-0.2, 0) is 0 Å². The van der Waals surface area contributed by atoms with Crippen molar-refractivity contribution in [2.75, 3.05) is 13.2 Å². The molecule has 3 rings (SSSR count). The maximum atomic E-state index is 5.84. The topological polar surface area (TPSA) is 78.6 Å². The summed E-state index contributed by atoms with van der Waals surface area (Å²) in [6, 6.07) is 5.57. The number of allylic oxidation sites excluding steroid dienone is 2. The second kappa shape index (κ2) is 6.50. The smallest absolute Gasteiger partial charge is 0.231 e. The molecule has 3 heterocycles. The maximum Gasteiger partial charge on any atom is 0.231 e. The fourth-order valence-corrected chi connectivity index (χ4v) is 2.22. The van der Waals surface area contributed by atoms with Gasteiger partial charge in [0.25, 0.3) is 0 Å². The van der Waals surface area contributed by atoms with Gasteiger partial charge in [-0.3, -0.25) is 0 Å². The number of ether oxygens (including phenoxy) is 1. The third kappa shape index (κ3) is 3.02. The quantitative estimate of drug-likeness (QED) is 0.708. The van der Waals surface area contributed by atoms with Crippen molar-refractivity contribution in [3.05, 3.63) is 54.5 Å². The summed E-state index contributed by atoms with van der Waals surface area (Å²) in [6.45, 7) is 6.44. The summed E-state index contributed by atoms with van der Waals surface area (Å²) in [5.41, 5.74) is 7.92. The lowest BCUT2D eigenvalue weighted by atomic mass is 10.2. The van der Waals surface area contributed by atoms with E-state index in [2.05, 4.69) is 16.7 Å². The van der Waals surface area contributed by atoms with E-state index in [9.17, 15) is 0 Å². The van der Waals surface area contributed by atoms with E-state index in [4.69, 9.17) is 14.9 Å². The standard InChI is InChI=1S/C17H18N4O2/c1-3-4-5-13-10-15(23-12(13)2)14-11-19-16-6-7-17(20-21(14)16)22-9-8-18/h3-7,10-11H,1,8-9,18H2,2H3/b5-4-. The fourth-order valence-electron chi connectivity index (χ4n) is 2.22. The number of nitrogens with zero attached hydrogens (tertiary/aromatic N) is 3. The van der Waals surface area contributed by atoms with E-state index in [1.807, 2.05) is 31.2 Å². The molecule has 0 aliphatic carbocycles. The van der Waals surface area contributed by atoms with Crippen molar-refractivity contribution in [2.45, 2.75) is 6.92 Å². The van der Waals surface area contributed by atoms with Crippen LogP contribution in [0.3, 0.4) is 0 Å². The van der Waals surface area contributed by atoms with Crippen LogP contribution in [0.5, 0.6) is 5.88 Å². The van der Waals surface area contributed by atoms with Gasteiger partial charge >= 0.3 is 0 Å². The van der Waals surface area contributed by atoms with Crippen LogP contribution in [-0.4, -0.2) is 27.7 Å². The molecule has 3 aromatic rings. The van der Waals surface area contributed by atoms with Crippen molar-refractivity contribution in [2.24, 2.45) is 5.73 Å². The molecule has 0 aromatic carbocycles. The Bertz CT molecular complexity index is 861. The Morgan fingerprint density at radius 2 is 2.30 bits per heavy atom. The molecule has 6 nitrogen and oxygen atoms in total. The number of fused-ring (bicyclic) bond motifs is 1. The molecule has 0 atom stereocenters. The number of rotatable bonds is 6. The molecule has 118 valence electrons. The Kier molecular flexibility index (Phi) is 4.25. The molecule has 0 aliphatic heterocycles. The van der Waals surface area contributed by atoms with Gasteiger partial charge in [0, 0.05) is 18.2 Å². The summed E-state index contributed by atoms with van der Waals surface area (Å²) in [5.74, 6) is 2.02. The summed E-state index contributed by atoms with van der Waals surface area (Å²) in [4.78, 5) is 4.34. The van der Waals surface area contributed by atoms with Gasteiger partial charge in [0.1, 0.15) is 18.1 Å². The van der Waals surface area contributed by atoms with Crippen LogP contribution in [0.25, 0.3) is 23.2 Å². The summed E-state index contributed by atoms with van der Waals surface area (Å²) >= 11 is 0. The van der Waals surface area contributed by atoms with Crippen molar-refractivity contribution in [3.63, 3.8) is 0 Å². The van der Waals surface area contributed by atoms with Gasteiger partial charge in [-0.05, 0) is 19.1 Å². The molecule has 0 amide bonds. The first-order valence-electron chi connectivity index (χ1n) is 7.30. The molecule has 23 heavy (non-hydrogen) atoms. The van der Waals surface area contributed by atoms with E-state index >= 15 is 0 Å². The maximum absolute atomic E-state index is 5.84. The highest BCUT2D eigenvalue weighted by molar-refractivity contribution is 5.64. The van der Waals surface area contributed by atoms with Crippen LogP contribution in [0.1, 0.15) is 11.3 Å². The second-order valence-electron chi connectivity index (χ2n) is 4.94. The minimum Gasteiger partial charge on any atom is -0.475 e. The van der Waals surface area contributed by atoms with Gasteiger partial charge in [-0.25, -0.2) is 9.50 Å². The lowest BCUT2D eigenvalue weighted by Gasteiger charge is -2.04. The predicted octanol–water partition coefficient (Wildman–Crippen LogP) is 2.83. The average molecular weight is 310 g/mol. The van der Waals surface area contributed by atoms with Gasteiger partial charge in [0.05, 0.1) is 6.20 Å². The zero-order valence-corrected chi connectivity index (χ0v) is 12.9. The van der Waals surface area contributed by atoms with Gasteiger partial charge in [-0.1, -0.05) is 24.8 Å².